The lowest BCUT2D eigenvalue weighted by Crippen LogP contribution is -2.28. The van der Waals surface area contributed by atoms with E-state index >= 15 is 0 Å². The Morgan fingerprint density at radius 3 is 2.28 bits per heavy atom. The third-order valence-corrected chi connectivity index (χ3v) is 3.75. The zero-order valence-electron chi connectivity index (χ0n) is 9.55. The molecule has 3 nitrogen and oxygen atoms in total. The van der Waals surface area contributed by atoms with Crippen LogP contribution in [-0.4, -0.2) is 39.7 Å². The Kier molecular flexibility index (Phi) is 5.55. The van der Waals surface area contributed by atoms with E-state index in [4.69, 9.17) is 10.2 Å². The van der Waals surface area contributed by atoms with E-state index in [-0.39, 0.29) is 6.42 Å². The third kappa shape index (κ3) is 4.27. The second-order valence-electron chi connectivity index (χ2n) is 3.72. The normalized spacial score (nSPS) is 20.9. The molecule has 1 atom stereocenters. The van der Waals surface area contributed by atoms with Gasteiger partial charge in [-0.05, 0) is 17.9 Å². The van der Waals surface area contributed by atoms with E-state index in [2.05, 4.69) is 0 Å². The third-order valence-electron chi connectivity index (χ3n) is 2.41. The van der Waals surface area contributed by atoms with Crippen molar-refractivity contribution in [2.75, 3.05) is 12.4 Å². The molecule has 1 aliphatic heterocycles. The van der Waals surface area contributed by atoms with Gasteiger partial charge < -0.3 is 10.2 Å². The van der Waals surface area contributed by atoms with Gasteiger partial charge in [0, 0.05) is 6.42 Å². The summed E-state index contributed by atoms with van der Waals surface area (Å²) in [5.41, 5.74) is 0.331. The highest BCUT2D eigenvalue weighted by molar-refractivity contribution is 8.00. The van der Waals surface area contributed by atoms with Crippen molar-refractivity contribution in [1.82, 2.24) is 0 Å². The van der Waals surface area contributed by atoms with Gasteiger partial charge in [0.25, 0.3) is 5.92 Å². The van der Waals surface area contributed by atoms with Crippen molar-refractivity contribution in [1.29, 1.82) is 0 Å². The van der Waals surface area contributed by atoms with Crippen molar-refractivity contribution in [3.63, 3.8) is 0 Å². The van der Waals surface area contributed by atoms with Crippen LogP contribution >= 0.6 is 11.8 Å². The molecule has 0 spiro atoms. The van der Waals surface area contributed by atoms with Crippen molar-refractivity contribution in [3.8, 4) is 0 Å². The van der Waals surface area contributed by atoms with Crippen molar-refractivity contribution in [3.05, 3.63) is 35.9 Å². The molecule has 0 saturated carbocycles. The van der Waals surface area contributed by atoms with E-state index in [1.807, 2.05) is 0 Å². The van der Waals surface area contributed by atoms with Gasteiger partial charge in [0.2, 0.25) is 0 Å². The fourth-order valence-electron chi connectivity index (χ4n) is 1.39. The van der Waals surface area contributed by atoms with Crippen molar-refractivity contribution < 1.29 is 23.8 Å². The van der Waals surface area contributed by atoms with Gasteiger partial charge >= 0.3 is 5.97 Å². The Labute approximate surface area is 108 Å². The SMILES string of the molecule is O=C(O)c1ccccc1.OC[C@@H]1SCCC1(F)F. The molecule has 1 saturated heterocycles. The average molecular weight is 276 g/mol. The number of thioether (sulfide) groups is 1. The molecule has 1 fully saturated rings. The largest absolute Gasteiger partial charge is 0.478 e. The Bertz CT molecular complexity index is 384. The first kappa shape index (κ1) is 14.9. The van der Waals surface area contributed by atoms with Gasteiger partial charge in [-0.3, -0.25) is 0 Å². The highest BCUT2D eigenvalue weighted by atomic mass is 32.2. The van der Waals surface area contributed by atoms with Gasteiger partial charge in [0.05, 0.1) is 17.4 Å². The molecule has 2 rings (SSSR count). The molecule has 0 aromatic heterocycles. The molecule has 0 aliphatic carbocycles. The molecule has 0 amide bonds. The minimum absolute atomic E-state index is 0.0805. The quantitative estimate of drug-likeness (QED) is 0.871. The number of hydrogen-bond acceptors (Lipinski definition) is 3. The van der Waals surface area contributed by atoms with Crippen LogP contribution in [0.3, 0.4) is 0 Å². The lowest BCUT2D eigenvalue weighted by molar-refractivity contribution is -0.00920. The van der Waals surface area contributed by atoms with Crippen LogP contribution < -0.4 is 0 Å². The summed E-state index contributed by atoms with van der Waals surface area (Å²) in [6.45, 7) is -0.405. The molecule has 100 valence electrons. The minimum Gasteiger partial charge on any atom is -0.478 e. The lowest BCUT2D eigenvalue weighted by atomic mass is 10.2. The van der Waals surface area contributed by atoms with Gasteiger partial charge in [-0.1, -0.05) is 18.2 Å². The monoisotopic (exact) mass is 276 g/mol. The number of carboxylic acids is 1. The zero-order chi connectivity index (χ0) is 13.6. The Balaban J connectivity index is 0.000000180. The minimum atomic E-state index is -2.63. The molecule has 0 unspecified atom stereocenters. The maximum absolute atomic E-state index is 12.4. The first-order valence-electron chi connectivity index (χ1n) is 5.36. The van der Waals surface area contributed by atoms with Crippen LogP contribution in [0.1, 0.15) is 16.8 Å². The van der Waals surface area contributed by atoms with Crippen LogP contribution in [0.25, 0.3) is 0 Å². The van der Waals surface area contributed by atoms with Gasteiger partial charge in [0.15, 0.2) is 0 Å². The summed E-state index contributed by atoms with van der Waals surface area (Å²) in [4.78, 5) is 10.2. The van der Waals surface area contributed by atoms with Gasteiger partial charge in [-0.15, -0.1) is 11.8 Å². The van der Waals surface area contributed by atoms with Crippen LogP contribution in [0.2, 0.25) is 0 Å². The summed E-state index contributed by atoms with van der Waals surface area (Å²) < 4.78 is 24.9. The summed E-state index contributed by atoms with van der Waals surface area (Å²) >= 11 is 1.15. The fraction of sp³-hybridized carbons (Fsp3) is 0.417. The van der Waals surface area contributed by atoms with Gasteiger partial charge in [-0.2, -0.15) is 0 Å². The second-order valence-corrected chi connectivity index (χ2v) is 5.03. The van der Waals surface area contributed by atoms with E-state index in [0.29, 0.717) is 11.3 Å². The van der Waals surface area contributed by atoms with Gasteiger partial charge in [0.1, 0.15) is 0 Å². The van der Waals surface area contributed by atoms with Gasteiger partial charge in [-0.25, -0.2) is 13.6 Å². The Morgan fingerprint density at radius 1 is 1.39 bits per heavy atom. The second kappa shape index (κ2) is 6.70. The molecule has 1 aromatic carbocycles. The predicted molar refractivity (Wildman–Crippen MR) is 66.3 cm³/mol. The first-order valence-corrected chi connectivity index (χ1v) is 6.41. The van der Waals surface area contributed by atoms with Crippen LogP contribution in [0, 0.1) is 0 Å². The van der Waals surface area contributed by atoms with E-state index in [1.165, 1.54) is 0 Å². The molecule has 1 heterocycles. The number of carboxylic acid groups (broad SMARTS) is 1. The smallest absolute Gasteiger partial charge is 0.335 e. The molecule has 18 heavy (non-hydrogen) atoms. The van der Waals surface area contributed by atoms with Crippen LogP contribution in [0.15, 0.2) is 30.3 Å². The summed E-state index contributed by atoms with van der Waals surface area (Å²) in [6, 6.07) is 8.30. The molecule has 1 aliphatic rings. The average Bonchev–Trinajstić information content (AvgIpc) is 2.70. The van der Waals surface area contributed by atoms with Crippen molar-refractivity contribution in [2.24, 2.45) is 0 Å². The van der Waals surface area contributed by atoms with E-state index in [9.17, 15) is 13.6 Å². The number of carbonyl (C=O) groups is 1. The first-order chi connectivity index (χ1) is 8.47. The standard InChI is InChI=1S/C7H6O2.C5H8F2OS/c8-7(9)6-4-2-1-3-5-6;6-5(7)1-2-9-4(5)3-8/h1-5H,(H,8,9);4,8H,1-3H2/t;4-/m.0/s1. The van der Waals surface area contributed by atoms with E-state index < -0.39 is 23.7 Å². The number of halogens is 2. The lowest BCUT2D eigenvalue weighted by Gasteiger charge is -2.14. The molecule has 0 radical (unpaired) electrons. The molecule has 2 N–H and O–H groups in total. The molecule has 1 aromatic rings. The summed E-state index contributed by atoms with van der Waals surface area (Å²) in [7, 11) is 0. The maximum atomic E-state index is 12.4. The van der Waals surface area contributed by atoms with Crippen molar-refractivity contribution in [2.45, 2.75) is 17.6 Å². The topological polar surface area (TPSA) is 57.5 Å². The Hall–Kier alpha value is -1.14. The maximum Gasteiger partial charge on any atom is 0.335 e. The number of benzene rings is 1. The Morgan fingerprint density at radius 2 is 2.00 bits per heavy atom. The van der Waals surface area contributed by atoms with Crippen LogP contribution in [0.4, 0.5) is 8.78 Å². The number of rotatable bonds is 2. The number of aliphatic hydroxyl groups is 1. The number of aliphatic hydroxyl groups excluding tert-OH is 1. The number of aromatic carboxylic acids is 1. The predicted octanol–water partition coefficient (Wildman–Crippen LogP) is 2.50. The molecular formula is C12H14F2O3S. The zero-order valence-corrected chi connectivity index (χ0v) is 10.4. The summed E-state index contributed by atoms with van der Waals surface area (Å²) in [5.74, 6) is -3.03. The fourth-order valence-corrected chi connectivity index (χ4v) is 2.53. The summed E-state index contributed by atoms with van der Waals surface area (Å²) in [5, 5.41) is 15.9. The highest BCUT2D eigenvalue weighted by Gasteiger charge is 2.43. The molecule has 0 bridgehead atoms. The van der Waals surface area contributed by atoms with E-state index in [1.54, 1.807) is 30.3 Å². The van der Waals surface area contributed by atoms with Crippen LogP contribution in [-0.2, 0) is 0 Å². The van der Waals surface area contributed by atoms with Crippen molar-refractivity contribution >= 4 is 17.7 Å². The molecule has 6 heteroatoms. The van der Waals surface area contributed by atoms with Crippen LogP contribution in [0.5, 0.6) is 0 Å². The summed E-state index contributed by atoms with van der Waals surface area (Å²) in [6.07, 6.45) is -0.0805. The highest BCUT2D eigenvalue weighted by Crippen LogP contribution is 2.39. The van der Waals surface area contributed by atoms with E-state index in [0.717, 1.165) is 11.8 Å². The molecular weight excluding hydrogens is 262 g/mol. The number of alkyl halides is 2. The number of hydrogen-bond donors (Lipinski definition) is 2.